The third-order valence-electron chi connectivity index (χ3n) is 5.24. The topological polar surface area (TPSA) is 106 Å². The Morgan fingerprint density at radius 2 is 1.94 bits per heavy atom. The maximum atomic E-state index is 12.4. The molecule has 0 bridgehead atoms. The van der Waals surface area contributed by atoms with Gasteiger partial charge in [-0.1, -0.05) is 11.6 Å². The number of ether oxygens (including phenoxy) is 1. The van der Waals surface area contributed by atoms with Gasteiger partial charge in [0.2, 0.25) is 17.6 Å². The highest BCUT2D eigenvalue weighted by molar-refractivity contribution is 7.14. The first kappa shape index (κ1) is 22.0. The summed E-state index contributed by atoms with van der Waals surface area (Å²) in [6, 6.07) is 9.35. The normalized spacial score (nSPS) is 13.2. The van der Waals surface area contributed by atoms with Crippen molar-refractivity contribution >= 4 is 23.2 Å². The molecule has 2 N–H and O–H groups in total. The summed E-state index contributed by atoms with van der Waals surface area (Å²) in [5, 5.41) is 3.97. The first-order chi connectivity index (χ1) is 15.6. The molecule has 1 aliphatic carbocycles. The first-order valence-corrected chi connectivity index (χ1v) is 11.7. The summed E-state index contributed by atoms with van der Waals surface area (Å²) >= 11 is 1.52. The van der Waals surface area contributed by atoms with E-state index in [2.05, 4.69) is 21.0 Å². The number of aryl methyl sites for hydroxylation is 3. The van der Waals surface area contributed by atoms with Crippen LogP contribution in [0.15, 0.2) is 34.9 Å². The van der Waals surface area contributed by atoms with Crippen molar-refractivity contribution in [3.05, 3.63) is 51.5 Å². The lowest BCUT2D eigenvalue weighted by atomic mass is 10.1. The van der Waals surface area contributed by atoms with Gasteiger partial charge in [0.1, 0.15) is 5.75 Å². The number of benzene rings is 1. The molecule has 1 aromatic carbocycles. The number of hydrazine groups is 1. The van der Waals surface area contributed by atoms with Gasteiger partial charge in [-0.05, 0) is 68.5 Å². The summed E-state index contributed by atoms with van der Waals surface area (Å²) in [7, 11) is 0. The molecule has 3 aromatic rings. The van der Waals surface area contributed by atoms with Gasteiger partial charge in [0.15, 0.2) is 0 Å². The van der Waals surface area contributed by atoms with Crippen LogP contribution in [-0.2, 0) is 24.1 Å². The Morgan fingerprint density at radius 3 is 2.75 bits per heavy atom. The maximum absolute atomic E-state index is 12.4. The van der Waals surface area contributed by atoms with Crippen LogP contribution >= 0.6 is 11.3 Å². The molecule has 0 atom stereocenters. The standard InChI is InChI=1S/C23H26N4O4S/c1-2-30-17-10-8-15(9-11-17)22-24-21(31-27-22)13-12-20(28)25-26-23(29)19-14-16-6-4-3-5-7-18(16)32-19/h8-11,14H,2-7,12-13H2,1H3,(H,25,28)(H,26,29). The summed E-state index contributed by atoms with van der Waals surface area (Å²) in [6.07, 6.45) is 6.02. The molecule has 0 unspecified atom stereocenters. The Labute approximate surface area is 190 Å². The average molecular weight is 455 g/mol. The van der Waals surface area contributed by atoms with E-state index in [4.69, 9.17) is 9.26 Å². The van der Waals surface area contributed by atoms with E-state index in [1.807, 2.05) is 37.3 Å². The number of nitrogens with one attached hydrogen (secondary N) is 2. The van der Waals surface area contributed by atoms with Crippen molar-refractivity contribution in [3.63, 3.8) is 0 Å². The lowest BCUT2D eigenvalue weighted by molar-refractivity contribution is -0.121. The number of aromatic nitrogens is 2. The van der Waals surface area contributed by atoms with Crippen molar-refractivity contribution < 1.29 is 18.8 Å². The fourth-order valence-corrected chi connectivity index (χ4v) is 4.74. The van der Waals surface area contributed by atoms with Crippen LogP contribution in [0, 0.1) is 0 Å². The van der Waals surface area contributed by atoms with E-state index in [0.717, 1.165) is 30.6 Å². The second kappa shape index (κ2) is 10.4. The number of fused-ring (bicyclic) bond motifs is 1. The van der Waals surface area contributed by atoms with Crippen molar-refractivity contribution in [2.45, 2.75) is 51.9 Å². The highest BCUT2D eigenvalue weighted by Gasteiger charge is 2.17. The molecule has 168 valence electrons. The molecule has 8 nitrogen and oxygen atoms in total. The lowest BCUT2D eigenvalue weighted by Crippen LogP contribution is -2.41. The van der Waals surface area contributed by atoms with Gasteiger partial charge in [-0.3, -0.25) is 20.4 Å². The molecule has 0 saturated heterocycles. The zero-order chi connectivity index (χ0) is 22.3. The molecule has 0 spiro atoms. The number of carbonyl (C=O) groups excluding carboxylic acids is 2. The minimum absolute atomic E-state index is 0.117. The van der Waals surface area contributed by atoms with E-state index in [0.29, 0.717) is 23.2 Å². The van der Waals surface area contributed by atoms with Crippen molar-refractivity contribution in [2.24, 2.45) is 0 Å². The van der Waals surface area contributed by atoms with Crippen LogP contribution in [0.5, 0.6) is 5.75 Å². The summed E-state index contributed by atoms with van der Waals surface area (Å²) < 4.78 is 10.7. The van der Waals surface area contributed by atoms with Crippen LogP contribution in [0.2, 0.25) is 0 Å². The zero-order valence-electron chi connectivity index (χ0n) is 18.0. The Morgan fingerprint density at radius 1 is 1.12 bits per heavy atom. The Hall–Kier alpha value is -3.20. The first-order valence-electron chi connectivity index (χ1n) is 10.9. The number of amides is 2. The molecular weight excluding hydrogens is 428 g/mol. The van der Waals surface area contributed by atoms with Crippen LogP contribution in [-0.4, -0.2) is 28.6 Å². The molecule has 2 amide bonds. The highest BCUT2D eigenvalue weighted by Crippen LogP contribution is 2.28. The van der Waals surface area contributed by atoms with E-state index in [1.54, 1.807) is 0 Å². The minimum atomic E-state index is -0.322. The Balaban J connectivity index is 1.24. The van der Waals surface area contributed by atoms with Gasteiger partial charge in [-0.15, -0.1) is 11.3 Å². The number of rotatable bonds is 7. The second-order valence-electron chi connectivity index (χ2n) is 7.59. The molecule has 2 aromatic heterocycles. The minimum Gasteiger partial charge on any atom is -0.494 e. The average Bonchev–Trinajstić information content (AvgIpc) is 3.39. The smallest absolute Gasteiger partial charge is 0.279 e. The van der Waals surface area contributed by atoms with Gasteiger partial charge >= 0.3 is 0 Å². The van der Waals surface area contributed by atoms with Crippen molar-refractivity contribution in [1.29, 1.82) is 0 Å². The van der Waals surface area contributed by atoms with Crippen LogP contribution in [0.1, 0.15) is 58.6 Å². The SMILES string of the molecule is CCOc1ccc(-c2noc(CCC(=O)NNC(=O)c3cc4c(s3)CCCCC4)n2)cc1. The number of nitrogens with zero attached hydrogens (tertiary/aromatic N) is 2. The van der Waals surface area contributed by atoms with E-state index in [-0.39, 0.29) is 24.7 Å². The number of thiophene rings is 1. The predicted molar refractivity (Wildman–Crippen MR) is 120 cm³/mol. The van der Waals surface area contributed by atoms with Crippen molar-refractivity contribution in [3.8, 4) is 17.1 Å². The molecule has 9 heteroatoms. The lowest BCUT2D eigenvalue weighted by Gasteiger charge is -2.05. The van der Waals surface area contributed by atoms with Gasteiger partial charge in [0.25, 0.3) is 5.91 Å². The third-order valence-corrected chi connectivity index (χ3v) is 6.48. The quantitative estimate of drug-likeness (QED) is 0.415. The zero-order valence-corrected chi connectivity index (χ0v) is 18.8. The molecule has 4 rings (SSSR count). The van der Waals surface area contributed by atoms with Crippen molar-refractivity contribution in [1.82, 2.24) is 21.0 Å². The van der Waals surface area contributed by atoms with Crippen LogP contribution in [0.4, 0.5) is 0 Å². The molecule has 0 radical (unpaired) electrons. The molecule has 0 saturated carbocycles. The summed E-state index contributed by atoms with van der Waals surface area (Å²) in [5.41, 5.74) is 7.03. The molecule has 0 fully saturated rings. The Bertz CT molecular complexity index is 1050. The largest absolute Gasteiger partial charge is 0.494 e. The van der Waals surface area contributed by atoms with Gasteiger partial charge in [0, 0.05) is 23.3 Å². The van der Waals surface area contributed by atoms with Crippen LogP contribution < -0.4 is 15.6 Å². The maximum Gasteiger partial charge on any atom is 0.279 e. The van der Waals surface area contributed by atoms with E-state index in [9.17, 15) is 9.59 Å². The predicted octanol–water partition coefficient (Wildman–Crippen LogP) is 3.86. The monoisotopic (exact) mass is 454 g/mol. The number of hydrogen-bond acceptors (Lipinski definition) is 7. The molecular formula is C23H26N4O4S. The fraction of sp³-hybridized carbons (Fsp3) is 0.391. The van der Waals surface area contributed by atoms with E-state index < -0.39 is 0 Å². The summed E-state index contributed by atoms with van der Waals surface area (Å²) in [6.45, 7) is 2.53. The Kier molecular flexibility index (Phi) is 7.16. The van der Waals surface area contributed by atoms with E-state index >= 15 is 0 Å². The number of hydrogen-bond donors (Lipinski definition) is 2. The third kappa shape index (κ3) is 5.53. The van der Waals surface area contributed by atoms with Gasteiger partial charge in [-0.25, -0.2) is 0 Å². The van der Waals surface area contributed by atoms with Gasteiger partial charge < -0.3 is 9.26 Å². The molecule has 1 aliphatic rings. The summed E-state index contributed by atoms with van der Waals surface area (Å²) in [5.74, 6) is 0.979. The van der Waals surface area contributed by atoms with Crippen molar-refractivity contribution in [2.75, 3.05) is 6.61 Å². The van der Waals surface area contributed by atoms with E-state index in [1.165, 1.54) is 34.6 Å². The fourth-order valence-electron chi connectivity index (χ4n) is 3.59. The van der Waals surface area contributed by atoms with Gasteiger partial charge in [-0.2, -0.15) is 4.98 Å². The molecule has 32 heavy (non-hydrogen) atoms. The molecule has 2 heterocycles. The highest BCUT2D eigenvalue weighted by atomic mass is 32.1. The van der Waals surface area contributed by atoms with Crippen LogP contribution in [0.25, 0.3) is 11.4 Å². The van der Waals surface area contributed by atoms with Gasteiger partial charge in [0.05, 0.1) is 11.5 Å². The second-order valence-corrected chi connectivity index (χ2v) is 8.73. The number of carbonyl (C=O) groups is 2. The van der Waals surface area contributed by atoms with Crippen LogP contribution in [0.3, 0.4) is 0 Å². The molecule has 0 aliphatic heterocycles. The summed E-state index contributed by atoms with van der Waals surface area (Å²) in [4.78, 5) is 30.8.